The van der Waals surface area contributed by atoms with Gasteiger partial charge >= 0.3 is 0 Å². The molecule has 94 valence electrons. The second-order valence-electron chi connectivity index (χ2n) is 4.23. The zero-order chi connectivity index (χ0) is 13.7. The van der Waals surface area contributed by atoms with Crippen LogP contribution in [0.2, 0.25) is 0 Å². The number of aryl methyl sites for hydroxylation is 1. The van der Waals surface area contributed by atoms with Crippen molar-refractivity contribution < 1.29 is 4.79 Å². The summed E-state index contributed by atoms with van der Waals surface area (Å²) < 4.78 is 0. The van der Waals surface area contributed by atoms with E-state index in [2.05, 4.69) is 10.3 Å². The third-order valence-electron chi connectivity index (χ3n) is 2.63. The van der Waals surface area contributed by atoms with Gasteiger partial charge in [0.15, 0.2) is 5.69 Å². The van der Waals surface area contributed by atoms with Gasteiger partial charge < -0.3 is 5.32 Å². The molecule has 0 saturated carbocycles. The van der Waals surface area contributed by atoms with Crippen molar-refractivity contribution in [3.8, 4) is 6.07 Å². The molecule has 0 fully saturated rings. The SMILES string of the molecule is Cc1cccc(CC(=O)Nc2cccnc2C#N)c1. The van der Waals surface area contributed by atoms with Crippen molar-refractivity contribution in [1.82, 2.24) is 4.98 Å². The number of aromatic nitrogens is 1. The molecule has 0 bridgehead atoms. The van der Waals surface area contributed by atoms with Crippen LogP contribution in [0.4, 0.5) is 5.69 Å². The molecule has 0 radical (unpaired) electrons. The van der Waals surface area contributed by atoms with Gasteiger partial charge in [0.2, 0.25) is 5.91 Å². The Bertz CT molecular complexity index is 644. The number of nitrogens with zero attached hydrogens (tertiary/aromatic N) is 2. The highest BCUT2D eigenvalue weighted by molar-refractivity contribution is 5.93. The molecule has 0 atom stereocenters. The van der Waals surface area contributed by atoms with E-state index >= 15 is 0 Å². The molecule has 4 nitrogen and oxygen atoms in total. The molecule has 0 aliphatic heterocycles. The number of rotatable bonds is 3. The minimum Gasteiger partial charge on any atom is -0.323 e. The molecule has 2 aromatic rings. The molecule has 0 aliphatic rings. The number of carbonyl (C=O) groups is 1. The summed E-state index contributed by atoms with van der Waals surface area (Å²) >= 11 is 0. The van der Waals surface area contributed by atoms with Crippen molar-refractivity contribution >= 4 is 11.6 Å². The van der Waals surface area contributed by atoms with E-state index < -0.39 is 0 Å². The van der Waals surface area contributed by atoms with Crippen LogP contribution in [0.5, 0.6) is 0 Å². The highest BCUT2D eigenvalue weighted by atomic mass is 16.1. The molecule has 2 rings (SSSR count). The number of nitrogens with one attached hydrogen (secondary N) is 1. The Morgan fingerprint density at radius 1 is 1.37 bits per heavy atom. The van der Waals surface area contributed by atoms with Crippen molar-refractivity contribution in [2.45, 2.75) is 13.3 Å². The average Bonchev–Trinajstić information content (AvgIpc) is 2.39. The van der Waals surface area contributed by atoms with E-state index in [0.717, 1.165) is 11.1 Å². The fourth-order valence-corrected chi connectivity index (χ4v) is 1.80. The van der Waals surface area contributed by atoms with Crippen LogP contribution in [0.15, 0.2) is 42.6 Å². The van der Waals surface area contributed by atoms with Crippen LogP contribution >= 0.6 is 0 Å². The number of nitriles is 1. The molecule has 19 heavy (non-hydrogen) atoms. The molecule has 0 unspecified atom stereocenters. The summed E-state index contributed by atoms with van der Waals surface area (Å²) in [6.07, 6.45) is 1.80. The number of hydrogen-bond acceptors (Lipinski definition) is 3. The highest BCUT2D eigenvalue weighted by Crippen LogP contribution is 2.12. The van der Waals surface area contributed by atoms with Crippen LogP contribution in [0.25, 0.3) is 0 Å². The van der Waals surface area contributed by atoms with Crippen molar-refractivity contribution in [2.75, 3.05) is 5.32 Å². The quantitative estimate of drug-likeness (QED) is 0.911. The third kappa shape index (κ3) is 3.39. The fourth-order valence-electron chi connectivity index (χ4n) is 1.80. The summed E-state index contributed by atoms with van der Waals surface area (Å²) in [5.41, 5.74) is 2.73. The molecule has 4 heteroatoms. The van der Waals surface area contributed by atoms with E-state index in [4.69, 9.17) is 5.26 Å². The van der Waals surface area contributed by atoms with Crippen molar-refractivity contribution in [1.29, 1.82) is 5.26 Å². The zero-order valence-corrected chi connectivity index (χ0v) is 10.6. The first-order valence-corrected chi connectivity index (χ1v) is 5.89. The predicted molar refractivity (Wildman–Crippen MR) is 72.5 cm³/mol. The Kier molecular flexibility index (Phi) is 3.89. The number of amides is 1. The van der Waals surface area contributed by atoms with Crippen LogP contribution in [-0.2, 0) is 11.2 Å². The molecule has 1 amide bonds. The molecule has 0 saturated heterocycles. The topological polar surface area (TPSA) is 65.8 Å². The van der Waals surface area contributed by atoms with Crippen molar-refractivity contribution in [3.63, 3.8) is 0 Å². The first kappa shape index (κ1) is 12.8. The first-order chi connectivity index (χ1) is 9.19. The maximum Gasteiger partial charge on any atom is 0.228 e. The summed E-state index contributed by atoms with van der Waals surface area (Å²) in [5, 5.41) is 11.6. The Hall–Kier alpha value is -2.67. The first-order valence-electron chi connectivity index (χ1n) is 5.89. The normalized spacial score (nSPS) is 9.68. The van der Waals surface area contributed by atoms with E-state index in [1.165, 1.54) is 6.20 Å². The Morgan fingerprint density at radius 3 is 2.95 bits per heavy atom. The lowest BCUT2D eigenvalue weighted by molar-refractivity contribution is -0.115. The molecule has 1 N–H and O–H groups in total. The minimum atomic E-state index is -0.157. The molecular weight excluding hydrogens is 238 g/mol. The molecule has 0 spiro atoms. The van der Waals surface area contributed by atoms with Crippen LogP contribution in [0.3, 0.4) is 0 Å². The second kappa shape index (κ2) is 5.78. The maximum absolute atomic E-state index is 11.9. The molecular formula is C15H13N3O. The summed E-state index contributed by atoms with van der Waals surface area (Å²) in [4.78, 5) is 15.8. The number of benzene rings is 1. The zero-order valence-electron chi connectivity index (χ0n) is 10.6. The third-order valence-corrected chi connectivity index (χ3v) is 2.63. The fraction of sp³-hybridized carbons (Fsp3) is 0.133. The standard InChI is InChI=1S/C15H13N3O/c1-11-4-2-5-12(8-11)9-15(19)18-13-6-3-7-17-14(13)10-16/h2-8H,9H2,1H3,(H,18,19). The van der Waals surface area contributed by atoms with Crippen LogP contribution in [0, 0.1) is 18.3 Å². The molecule has 1 heterocycles. The highest BCUT2D eigenvalue weighted by Gasteiger charge is 2.08. The van der Waals surface area contributed by atoms with Gasteiger partial charge in [-0.1, -0.05) is 29.8 Å². The molecule has 1 aromatic heterocycles. The number of carbonyl (C=O) groups excluding carboxylic acids is 1. The van der Waals surface area contributed by atoms with Gasteiger partial charge in [0.1, 0.15) is 6.07 Å². The van der Waals surface area contributed by atoms with Gasteiger partial charge in [-0.15, -0.1) is 0 Å². The van der Waals surface area contributed by atoms with E-state index in [1.807, 2.05) is 37.3 Å². The Balaban J connectivity index is 2.08. The maximum atomic E-state index is 11.9. The van der Waals surface area contributed by atoms with Gasteiger partial charge in [0.25, 0.3) is 0 Å². The predicted octanol–water partition coefficient (Wildman–Crippen LogP) is 2.44. The number of hydrogen-bond donors (Lipinski definition) is 1. The average molecular weight is 251 g/mol. The van der Waals surface area contributed by atoms with Crippen LogP contribution < -0.4 is 5.32 Å². The van der Waals surface area contributed by atoms with Gasteiger partial charge in [0.05, 0.1) is 12.1 Å². The van der Waals surface area contributed by atoms with Crippen molar-refractivity contribution in [3.05, 3.63) is 59.4 Å². The van der Waals surface area contributed by atoms with E-state index in [9.17, 15) is 4.79 Å². The molecule has 1 aromatic carbocycles. The number of anilines is 1. The van der Waals surface area contributed by atoms with Crippen molar-refractivity contribution in [2.24, 2.45) is 0 Å². The van der Waals surface area contributed by atoms with E-state index in [0.29, 0.717) is 5.69 Å². The lowest BCUT2D eigenvalue weighted by Crippen LogP contribution is -2.15. The van der Waals surface area contributed by atoms with Crippen LogP contribution in [0.1, 0.15) is 16.8 Å². The van der Waals surface area contributed by atoms with Gasteiger partial charge in [0, 0.05) is 6.20 Å². The lowest BCUT2D eigenvalue weighted by Gasteiger charge is -2.06. The largest absolute Gasteiger partial charge is 0.323 e. The monoisotopic (exact) mass is 251 g/mol. The smallest absolute Gasteiger partial charge is 0.228 e. The Morgan fingerprint density at radius 2 is 2.21 bits per heavy atom. The molecule has 0 aliphatic carbocycles. The Labute approximate surface area is 111 Å². The van der Waals surface area contributed by atoms with Gasteiger partial charge in [-0.2, -0.15) is 5.26 Å². The van der Waals surface area contributed by atoms with E-state index in [1.54, 1.807) is 12.1 Å². The summed E-state index contributed by atoms with van der Waals surface area (Å²) in [7, 11) is 0. The summed E-state index contributed by atoms with van der Waals surface area (Å²) in [6.45, 7) is 1.98. The van der Waals surface area contributed by atoms with Gasteiger partial charge in [-0.3, -0.25) is 4.79 Å². The van der Waals surface area contributed by atoms with Crippen LogP contribution in [-0.4, -0.2) is 10.9 Å². The van der Waals surface area contributed by atoms with Gasteiger partial charge in [-0.25, -0.2) is 4.98 Å². The summed E-state index contributed by atoms with van der Waals surface area (Å²) in [5.74, 6) is -0.157. The second-order valence-corrected chi connectivity index (χ2v) is 4.23. The number of pyridine rings is 1. The van der Waals surface area contributed by atoms with Gasteiger partial charge in [-0.05, 0) is 24.6 Å². The minimum absolute atomic E-state index is 0.157. The van der Waals surface area contributed by atoms with E-state index in [-0.39, 0.29) is 18.0 Å². The lowest BCUT2D eigenvalue weighted by atomic mass is 10.1. The summed E-state index contributed by atoms with van der Waals surface area (Å²) in [6, 6.07) is 13.1.